The number of hydrogen-bond acceptors (Lipinski definition) is 4. The molecule has 0 aromatic carbocycles. The minimum Gasteiger partial charge on any atom is -0.475 e. The highest BCUT2D eigenvalue weighted by Crippen LogP contribution is 2.05. The van der Waals surface area contributed by atoms with Gasteiger partial charge >= 0.3 is 0 Å². The number of pyridine rings is 1. The van der Waals surface area contributed by atoms with Crippen molar-refractivity contribution in [2.75, 3.05) is 20.3 Å². The first-order chi connectivity index (χ1) is 6.36. The van der Waals surface area contributed by atoms with E-state index in [1.807, 2.05) is 0 Å². The Balaban J connectivity index is 2.44. The summed E-state index contributed by atoms with van der Waals surface area (Å²) in [5.41, 5.74) is 0.541. The predicted molar refractivity (Wildman–Crippen MR) is 47.0 cm³/mol. The molecule has 0 unspecified atom stereocenters. The molecular formula is C9H11NO3. The second-order valence-corrected chi connectivity index (χ2v) is 2.39. The largest absolute Gasteiger partial charge is 0.475 e. The van der Waals surface area contributed by atoms with Gasteiger partial charge in [0, 0.05) is 24.9 Å². The number of hydrogen-bond donors (Lipinski definition) is 0. The number of carbonyl (C=O) groups excluding carboxylic acids is 1. The molecule has 1 aromatic rings. The van der Waals surface area contributed by atoms with Gasteiger partial charge < -0.3 is 9.47 Å². The highest BCUT2D eigenvalue weighted by atomic mass is 16.5. The van der Waals surface area contributed by atoms with Crippen LogP contribution in [-0.2, 0) is 4.74 Å². The molecule has 0 fully saturated rings. The summed E-state index contributed by atoms with van der Waals surface area (Å²) in [5, 5.41) is 0. The molecule has 0 saturated heterocycles. The van der Waals surface area contributed by atoms with Gasteiger partial charge in [0.25, 0.3) is 0 Å². The van der Waals surface area contributed by atoms with Gasteiger partial charge in [0.1, 0.15) is 6.61 Å². The van der Waals surface area contributed by atoms with Crippen LogP contribution < -0.4 is 4.74 Å². The van der Waals surface area contributed by atoms with Crippen molar-refractivity contribution in [3.8, 4) is 5.88 Å². The number of ether oxygens (including phenoxy) is 2. The Kier molecular flexibility index (Phi) is 3.92. The number of rotatable bonds is 5. The second kappa shape index (κ2) is 5.27. The average Bonchev–Trinajstić information content (AvgIpc) is 2.19. The van der Waals surface area contributed by atoms with Gasteiger partial charge in [-0.15, -0.1) is 0 Å². The Labute approximate surface area is 76.5 Å². The Morgan fingerprint density at radius 2 is 2.31 bits per heavy atom. The topological polar surface area (TPSA) is 48.4 Å². The van der Waals surface area contributed by atoms with Crippen LogP contribution in [0.4, 0.5) is 0 Å². The lowest BCUT2D eigenvalue weighted by Crippen LogP contribution is -2.05. The van der Waals surface area contributed by atoms with Crippen LogP contribution in [0.25, 0.3) is 0 Å². The van der Waals surface area contributed by atoms with E-state index in [4.69, 9.17) is 9.47 Å². The standard InChI is InChI=1S/C9H11NO3/c1-12-4-5-13-9-3-2-8(7-11)6-10-9/h2-3,6-7H,4-5H2,1H3. The van der Waals surface area contributed by atoms with E-state index in [2.05, 4.69) is 4.98 Å². The van der Waals surface area contributed by atoms with Crippen LogP contribution in [0.1, 0.15) is 10.4 Å². The summed E-state index contributed by atoms with van der Waals surface area (Å²) in [6.45, 7) is 0.987. The smallest absolute Gasteiger partial charge is 0.213 e. The molecule has 0 amide bonds. The molecular weight excluding hydrogens is 170 g/mol. The van der Waals surface area contributed by atoms with Gasteiger partial charge in [-0.2, -0.15) is 0 Å². The number of aldehydes is 1. The Morgan fingerprint density at radius 3 is 2.85 bits per heavy atom. The summed E-state index contributed by atoms with van der Waals surface area (Å²) in [7, 11) is 1.60. The zero-order valence-electron chi connectivity index (χ0n) is 7.40. The quantitative estimate of drug-likeness (QED) is 0.500. The van der Waals surface area contributed by atoms with Crippen LogP contribution in [0.3, 0.4) is 0 Å². The fourth-order valence-electron chi connectivity index (χ4n) is 0.776. The molecule has 0 spiro atoms. The highest BCUT2D eigenvalue weighted by Gasteiger charge is 1.94. The second-order valence-electron chi connectivity index (χ2n) is 2.39. The van der Waals surface area contributed by atoms with Gasteiger partial charge in [0.05, 0.1) is 6.61 Å². The highest BCUT2D eigenvalue weighted by molar-refractivity contribution is 5.73. The number of nitrogens with zero attached hydrogens (tertiary/aromatic N) is 1. The lowest BCUT2D eigenvalue weighted by atomic mass is 10.3. The van der Waals surface area contributed by atoms with Crippen LogP contribution in [-0.4, -0.2) is 31.6 Å². The van der Waals surface area contributed by atoms with Gasteiger partial charge in [0.15, 0.2) is 6.29 Å². The van der Waals surface area contributed by atoms with Crippen molar-refractivity contribution >= 4 is 6.29 Å². The molecule has 0 N–H and O–H groups in total. The molecule has 1 aromatic heterocycles. The summed E-state index contributed by atoms with van der Waals surface area (Å²) in [4.78, 5) is 14.2. The lowest BCUT2D eigenvalue weighted by molar-refractivity contribution is 0.112. The summed E-state index contributed by atoms with van der Waals surface area (Å²) in [6, 6.07) is 3.31. The third-order valence-electron chi connectivity index (χ3n) is 1.43. The fraction of sp³-hybridized carbons (Fsp3) is 0.333. The Morgan fingerprint density at radius 1 is 1.46 bits per heavy atom. The van der Waals surface area contributed by atoms with Crippen molar-refractivity contribution in [1.82, 2.24) is 4.98 Å². The van der Waals surface area contributed by atoms with Crippen molar-refractivity contribution < 1.29 is 14.3 Å². The monoisotopic (exact) mass is 181 g/mol. The van der Waals surface area contributed by atoms with E-state index in [0.29, 0.717) is 24.7 Å². The predicted octanol–water partition coefficient (Wildman–Crippen LogP) is 0.919. The molecule has 70 valence electrons. The van der Waals surface area contributed by atoms with Gasteiger partial charge in [-0.1, -0.05) is 0 Å². The third-order valence-corrected chi connectivity index (χ3v) is 1.43. The van der Waals surface area contributed by atoms with Crippen LogP contribution in [0, 0.1) is 0 Å². The molecule has 13 heavy (non-hydrogen) atoms. The molecule has 0 atom stereocenters. The maximum atomic E-state index is 10.3. The van der Waals surface area contributed by atoms with E-state index in [0.717, 1.165) is 6.29 Å². The molecule has 0 bridgehead atoms. The van der Waals surface area contributed by atoms with Crippen LogP contribution in [0.2, 0.25) is 0 Å². The molecule has 4 heteroatoms. The van der Waals surface area contributed by atoms with Gasteiger partial charge in [0.2, 0.25) is 5.88 Å². The summed E-state index contributed by atoms with van der Waals surface area (Å²) in [5.74, 6) is 0.502. The average molecular weight is 181 g/mol. The van der Waals surface area contributed by atoms with E-state index in [9.17, 15) is 4.79 Å². The van der Waals surface area contributed by atoms with Gasteiger partial charge in [-0.05, 0) is 6.07 Å². The summed E-state index contributed by atoms with van der Waals surface area (Å²) < 4.78 is 9.99. The van der Waals surface area contributed by atoms with E-state index in [-0.39, 0.29) is 0 Å². The third kappa shape index (κ3) is 3.21. The molecule has 0 saturated carbocycles. The zero-order chi connectivity index (χ0) is 9.52. The molecule has 1 heterocycles. The van der Waals surface area contributed by atoms with E-state index in [1.54, 1.807) is 19.2 Å². The van der Waals surface area contributed by atoms with Crippen molar-refractivity contribution in [2.45, 2.75) is 0 Å². The first kappa shape index (κ1) is 9.67. The van der Waals surface area contributed by atoms with Crippen molar-refractivity contribution in [3.63, 3.8) is 0 Å². The SMILES string of the molecule is COCCOc1ccc(C=O)cn1. The Hall–Kier alpha value is -1.42. The van der Waals surface area contributed by atoms with Gasteiger partial charge in [-0.3, -0.25) is 4.79 Å². The maximum Gasteiger partial charge on any atom is 0.213 e. The summed E-state index contributed by atoms with van der Waals surface area (Å²) >= 11 is 0. The van der Waals surface area contributed by atoms with Crippen molar-refractivity contribution in [2.24, 2.45) is 0 Å². The lowest BCUT2D eigenvalue weighted by Gasteiger charge is -2.03. The zero-order valence-corrected chi connectivity index (χ0v) is 7.40. The van der Waals surface area contributed by atoms with Crippen molar-refractivity contribution in [1.29, 1.82) is 0 Å². The molecule has 1 rings (SSSR count). The van der Waals surface area contributed by atoms with Gasteiger partial charge in [-0.25, -0.2) is 4.98 Å². The molecule has 0 radical (unpaired) electrons. The fourth-order valence-corrected chi connectivity index (χ4v) is 0.776. The Bertz CT molecular complexity index is 258. The summed E-state index contributed by atoms with van der Waals surface area (Å²) in [6.07, 6.45) is 2.21. The maximum absolute atomic E-state index is 10.3. The number of carbonyl (C=O) groups is 1. The first-order valence-corrected chi connectivity index (χ1v) is 3.90. The minimum absolute atomic E-state index is 0.462. The van der Waals surface area contributed by atoms with Crippen LogP contribution in [0.5, 0.6) is 5.88 Å². The normalized spacial score (nSPS) is 9.62. The van der Waals surface area contributed by atoms with Crippen LogP contribution in [0.15, 0.2) is 18.3 Å². The molecule has 4 nitrogen and oxygen atoms in total. The van der Waals surface area contributed by atoms with Crippen molar-refractivity contribution in [3.05, 3.63) is 23.9 Å². The molecule has 0 aliphatic rings. The number of aromatic nitrogens is 1. The van der Waals surface area contributed by atoms with Crippen LogP contribution >= 0.6 is 0 Å². The number of methoxy groups -OCH3 is 1. The van der Waals surface area contributed by atoms with E-state index in [1.165, 1.54) is 6.20 Å². The van der Waals surface area contributed by atoms with E-state index < -0.39 is 0 Å². The molecule has 0 aliphatic carbocycles. The van der Waals surface area contributed by atoms with E-state index >= 15 is 0 Å². The molecule has 0 aliphatic heterocycles. The first-order valence-electron chi connectivity index (χ1n) is 3.90. The minimum atomic E-state index is 0.462.